The van der Waals surface area contributed by atoms with Crippen molar-refractivity contribution in [2.75, 3.05) is 5.88 Å². The molecule has 0 bridgehead atoms. The largest absolute Gasteiger partial charge is 0.342 e. The van der Waals surface area contributed by atoms with Crippen LogP contribution in [0.4, 0.5) is 0 Å². The zero-order valence-corrected chi connectivity index (χ0v) is 13.2. The second-order valence-corrected chi connectivity index (χ2v) is 5.56. The van der Waals surface area contributed by atoms with Crippen molar-refractivity contribution >= 4 is 17.5 Å². The molecule has 1 N–H and O–H groups in total. The maximum absolute atomic E-state index is 12.6. The number of rotatable bonds is 5. The Kier molecular flexibility index (Phi) is 5.03. The predicted octanol–water partition coefficient (Wildman–Crippen LogP) is 4.13. The lowest BCUT2D eigenvalue weighted by Crippen LogP contribution is -2.45. The topological polar surface area (TPSA) is 29.1 Å². The number of hydrogen-bond acceptors (Lipinski definition) is 1. The van der Waals surface area contributed by atoms with E-state index in [4.69, 9.17) is 11.6 Å². The van der Waals surface area contributed by atoms with E-state index in [1.807, 2.05) is 68.4 Å². The SMILES string of the molecule is CCc1ccccc1C(=O)NC(C)(CCl)c1ccccc1. The molecular weight excluding hydrogens is 282 g/mol. The molecule has 0 aliphatic carbocycles. The highest BCUT2D eigenvalue weighted by Gasteiger charge is 2.28. The van der Waals surface area contributed by atoms with Crippen LogP contribution in [0.25, 0.3) is 0 Å². The van der Waals surface area contributed by atoms with Gasteiger partial charge < -0.3 is 5.32 Å². The van der Waals surface area contributed by atoms with Crippen LogP contribution in [0.1, 0.15) is 35.3 Å². The van der Waals surface area contributed by atoms with Crippen LogP contribution in [-0.2, 0) is 12.0 Å². The molecule has 0 fully saturated rings. The van der Waals surface area contributed by atoms with Gasteiger partial charge in [0.15, 0.2) is 0 Å². The van der Waals surface area contributed by atoms with Crippen LogP contribution in [0.2, 0.25) is 0 Å². The molecule has 110 valence electrons. The van der Waals surface area contributed by atoms with Crippen molar-refractivity contribution < 1.29 is 4.79 Å². The molecule has 0 heterocycles. The third-order valence-electron chi connectivity index (χ3n) is 3.71. The Morgan fingerprint density at radius 3 is 2.33 bits per heavy atom. The first-order valence-electron chi connectivity index (χ1n) is 7.12. The summed E-state index contributed by atoms with van der Waals surface area (Å²) in [4.78, 5) is 12.6. The van der Waals surface area contributed by atoms with E-state index >= 15 is 0 Å². The highest BCUT2D eigenvalue weighted by atomic mass is 35.5. The number of amides is 1. The monoisotopic (exact) mass is 301 g/mol. The first-order chi connectivity index (χ1) is 10.1. The first-order valence-corrected chi connectivity index (χ1v) is 7.66. The molecule has 0 aliphatic rings. The summed E-state index contributed by atoms with van der Waals surface area (Å²) >= 11 is 6.13. The van der Waals surface area contributed by atoms with Gasteiger partial charge in [0.2, 0.25) is 0 Å². The Bertz CT molecular complexity index is 612. The minimum absolute atomic E-state index is 0.0838. The molecule has 2 aromatic carbocycles. The number of halogens is 1. The van der Waals surface area contributed by atoms with Gasteiger partial charge in [0.25, 0.3) is 5.91 Å². The molecule has 0 saturated heterocycles. The Balaban J connectivity index is 2.28. The Morgan fingerprint density at radius 2 is 1.71 bits per heavy atom. The summed E-state index contributed by atoms with van der Waals surface area (Å²) in [6.07, 6.45) is 0.826. The number of aryl methyl sites for hydroxylation is 1. The van der Waals surface area contributed by atoms with E-state index in [1.54, 1.807) is 0 Å². The number of hydrogen-bond donors (Lipinski definition) is 1. The van der Waals surface area contributed by atoms with E-state index in [1.165, 1.54) is 0 Å². The van der Waals surface area contributed by atoms with Crippen LogP contribution in [0.5, 0.6) is 0 Å². The molecule has 0 radical (unpaired) electrons. The van der Waals surface area contributed by atoms with Crippen molar-refractivity contribution in [2.24, 2.45) is 0 Å². The lowest BCUT2D eigenvalue weighted by Gasteiger charge is -2.29. The smallest absolute Gasteiger partial charge is 0.252 e. The van der Waals surface area contributed by atoms with E-state index in [2.05, 4.69) is 5.32 Å². The lowest BCUT2D eigenvalue weighted by atomic mass is 9.93. The van der Waals surface area contributed by atoms with E-state index in [-0.39, 0.29) is 5.91 Å². The van der Waals surface area contributed by atoms with Crippen molar-refractivity contribution in [3.8, 4) is 0 Å². The molecule has 0 saturated carbocycles. The minimum atomic E-state index is -0.583. The van der Waals surface area contributed by atoms with Gasteiger partial charge in [0.05, 0.1) is 5.54 Å². The Hall–Kier alpha value is -1.80. The van der Waals surface area contributed by atoms with Crippen LogP contribution in [-0.4, -0.2) is 11.8 Å². The van der Waals surface area contributed by atoms with Crippen molar-refractivity contribution in [1.29, 1.82) is 0 Å². The van der Waals surface area contributed by atoms with Crippen molar-refractivity contribution in [3.63, 3.8) is 0 Å². The number of carbonyl (C=O) groups is 1. The lowest BCUT2D eigenvalue weighted by molar-refractivity contribution is 0.0912. The number of carbonyl (C=O) groups excluding carboxylic acids is 1. The number of alkyl halides is 1. The van der Waals surface area contributed by atoms with Gasteiger partial charge in [0.1, 0.15) is 0 Å². The van der Waals surface area contributed by atoms with Crippen LogP contribution in [0.3, 0.4) is 0 Å². The fourth-order valence-corrected chi connectivity index (χ4v) is 2.58. The summed E-state index contributed by atoms with van der Waals surface area (Å²) in [5.74, 6) is 0.233. The standard InChI is InChI=1S/C18H20ClNO/c1-3-14-9-7-8-12-16(14)17(21)20-18(2,13-19)15-10-5-4-6-11-15/h4-12H,3,13H2,1-2H3,(H,20,21). The van der Waals surface area contributed by atoms with Gasteiger partial charge in [-0.15, -0.1) is 11.6 Å². The third kappa shape index (κ3) is 3.45. The van der Waals surface area contributed by atoms with Crippen LogP contribution >= 0.6 is 11.6 Å². The molecule has 1 atom stereocenters. The quantitative estimate of drug-likeness (QED) is 0.827. The summed E-state index contributed by atoms with van der Waals surface area (Å²) < 4.78 is 0. The fourth-order valence-electron chi connectivity index (χ4n) is 2.36. The van der Waals surface area contributed by atoms with E-state index in [0.29, 0.717) is 11.4 Å². The summed E-state index contributed by atoms with van der Waals surface area (Å²) in [5, 5.41) is 3.08. The maximum atomic E-state index is 12.6. The summed E-state index contributed by atoms with van der Waals surface area (Å²) in [6.45, 7) is 3.99. The molecule has 2 nitrogen and oxygen atoms in total. The molecule has 0 aromatic heterocycles. The van der Waals surface area contributed by atoms with Crippen LogP contribution < -0.4 is 5.32 Å². The van der Waals surface area contributed by atoms with Gasteiger partial charge >= 0.3 is 0 Å². The number of nitrogens with one attached hydrogen (secondary N) is 1. The predicted molar refractivity (Wildman–Crippen MR) is 87.8 cm³/mol. The Labute approximate surface area is 131 Å². The normalized spacial score (nSPS) is 13.5. The summed E-state index contributed by atoms with van der Waals surface area (Å²) in [6, 6.07) is 17.5. The average Bonchev–Trinajstić information content (AvgIpc) is 2.55. The second-order valence-electron chi connectivity index (χ2n) is 5.30. The fraction of sp³-hybridized carbons (Fsp3) is 0.278. The zero-order valence-electron chi connectivity index (χ0n) is 12.4. The van der Waals surface area contributed by atoms with Crippen molar-refractivity contribution in [1.82, 2.24) is 5.32 Å². The summed E-state index contributed by atoms with van der Waals surface area (Å²) in [7, 11) is 0. The van der Waals surface area contributed by atoms with Gasteiger partial charge in [-0.2, -0.15) is 0 Å². The third-order valence-corrected chi connectivity index (χ3v) is 4.25. The van der Waals surface area contributed by atoms with Gasteiger partial charge in [-0.05, 0) is 30.5 Å². The van der Waals surface area contributed by atoms with Crippen LogP contribution in [0.15, 0.2) is 54.6 Å². The number of benzene rings is 2. The first kappa shape index (κ1) is 15.6. The molecular formula is C18H20ClNO. The van der Waals surface area contributed by atoms with E-state index in [9.17, 15) is 4.79 Å². The van der Waals surface area contributed by atoms with Gasteiger partial charge in [0, 0.05) is 11.4 Å². The van der Waals surface area contributed by atoms with Gasteiger partial charge in [-0.3, -0.25) is 4.79 Å². The maximum Gasteiger partial charge on any atom is 0.252 e. The molecule has 0 spiro atoms. The average molecular weight is 302 g/mol. The molecule has 1 unspecified atom stereocenters. The molecule has 3 heteroatoms. The van der Waals surface area contributed by atoms with Gasteiger partial charge in [-0.25, -0.2) is 0 Å². The highest BCUT2D eigenvalue weighted by molar-refractivity contribution is 6.19. The van der Waals surface area contributed by atoms with Crippen molar-refractivity contribution in [2.45, 2.75) is 25.8 Å². The molecule has 21 heavy (non-hydrogen) atoms. The highest BCUT2D eigenvalue weighted by Crippen LogP contribution is 2.23. The Morgan fingerprint density at radius 1 is 1.10 bits per heavy atom. The summed E-state index contributed by atoms with van der Waals surface area (Å²) in [5.41, 5.74) is 2.18. The zero-order chi connectivity index (χ0) is 15.3. The minimum Gasteiger partial charge on any atom is -0.342 e. The van der Waals surface area contributed by atoms with Crippen LogP contribution in [0, 0.1) is 0 Å². The van der Waals surface area contributed by atoms with Gasteiger partial charge in [-0.1, -0.05) is 55.5 Å². The molecule has 0 aliphatic heterocycles. The van der Waals surface area contributed by atoms with E-state index in [0.717, 1.165) is 17.5 Å². The van der Waals surface area contributed by atoms with E-state index < -0.39 is 5.54 Å². The van der Waals surface area contributed by atoms with Crippen molar-refractivity contribution in [3.05, 3.63) is 71.3 Å². The molecule has 2 aromatic rings. The molecule has 2 rings (SSSR count). The molecule has 1 amide bonds. The second kappa shape index (κ2) is 6.77.